The van der Waals surface area contributed by atoms with Crippen LogP contribution >= 0.6 is 15.9 Å². The highest BCUT2D eigenvalue weighted by Crippen LogP contribution is 2.30. The van der Waals surface area contributed by atoms with Crippen molar-refractivity contribution in [2.75, 3.05) is 23.7 Å². The molecule has 1 aliphatic rings. The molecule has 0 unspecified atom stereocenters. The summed E-state index contributed by atoms with van der Waals surface area (Å²) in [6.45, 7) is 1.78. The number of nitrogens with zero attached hydrogens (tertiary/aromatic N) is 2. The second-order valence-corrected chi connectivity index (χ2v) is 13.7. The first-order valence-corrected chi connectivity index (χ1v) is 17.4. The summed E-state index contributed by atoms with van der Waals surface area (Å²) >= 11 is 3.51. The Hall–Kier alpha value is -3.37. The summed E-state index contributed by atoms with van der Waals surface area (Å²) in [4.78, 5) is 29.9. The van der Waals surface area contributed by atoms with Crippen LogP contribution in [0.3, 0.4) is 0 Å². The molecule has 0 spiro atoms. The summed E-state index contributed by atoms with van der Waals surface area (Å²) in [6.07, 6.45) is 6.41. The lowest BCUT2D eigenvalue weighted by atomic mass is 9.94. The van der Waals surface area contributed by atoms with E-state index in [0.29, 0.717) is 12.4 Å². The van der Waals surface area contributed by atoms with E-state index in [4.69, 9.17) is 4.74 Å². The fourth-order valence-corrected chi connectivity index (χ4v) is 6.77. The quantitative estimate of drug-likeness (QED) is 0.252. The standard InChI is InChI=1S/C33H40BrN3O5S/c1-3-42-31-20-11-10-19-29(31)37(43(2,40)41)24-32(38)36(23-26-15-12-16-27(34)21-26)30(22-25-13-6-4-7-14-25)33(39)35-28-17-8-5-9-18-28/h4,6-7,10-16,19-21,28,30H,3,5,8-9,17-18,22-24H2,1-2H3,(H,35,39)/t30-/m0/s1. The molecule has 0 saturated heterocycles. The lowest BCUT2D eigenvalue weighted by Gasteiger charge is -2.35. The number of hydrogen-bond donors (Lipinski definition) is 1. The van der Waals surface area contributed by atoms with Crippen LogP contribution in [0.4, 0.5) is 5.69 Å². The van der Waals surface area contributed by atoms with Crippen LogP contribution in [0.15, 0.2) is 83.3 Å². The molecule has 1 N–H and O–H groups in total. The van der Waals surface area contributed by atoms with Crippen LogP contribution in [0.25, 0.3) is 0 Å². The van der Waals surface area contributed by atoms with Crippen molar-refractivity contribution in [3.05, 3.63) is 94.5 Å². The fourth-order valence-electron chi connectivity index (χ4n) is 5.47. The molecule has 2 amide bonds. The van der Waals surface area contributed by atoms with Crippen molar-refractivity contribution >= 4 is 43.5 Å². The second-order valence-electron chi connectivity index (χ2n) is 10.9. The molecule has 230 valence electrons. The topological polar surface area (TPSA) is 96.0 Å². The Bertz CT molecular complexity index is 1480. The summed E-state index contributed by atoms with van der Waals surface area (Å²) in [5.74, 6) is -0.367. The molecule has 10 heteroatoms. The zero-order valence-corrected chi connectivity index (χ0v) is 27.1. The fraction of sp³-hybridized carbons (Fsp3) is 0.394. The predicted octanol–water partition coefficient (Wildman–Crippen LogP) is 5.70. The lowest BCUT2D eigenvalue weighted by Crippen LogP contribution is -2.55. The Morgan fingerprint density at radius 1 is 0.953 bits per heavy atom. The normalized spacial score (nSPS) is 14.5. The van der Waals surface area contributed by atoms with E-state index < -0.39 is 28.5 Å². The SMILES string of the molecule is CCOc1ccccc1N(CC(=O)N(Cc1cccc(Br)c1)[C@@H](Cc1ccccc1)C(=O)NC1CCCCC1)S(C)(=O)=O. The maximum Gasteiger partial charge on any atom is 0.244 e. The van der Waals surface area contributed by atoms with Crippen LogP contribution in [0.1, 0.15) is 50.2 Å². The number of sulfonamides is 1. The first kappa shape index (κ1) is 32.5. The van der Waals surface area contributed by atoms with Gasteiger partial charge in [-0.05, 0) is 55.2 Å². The number of hydrogen-bond acceptors (Lipinski definition) is 5. The number of amides is 2. The summed E-state index contributed by atoms with van der Waals surface area (Å²) in [7, 11) is -3.90. The third kappa shape index (κ3) is 9.31. The van der Waals surface area contributed by atoms with Gasteiger partial charge >= 0.3 is 0 Å². The Balaban J connectivity index is 1.74. The maximum absolute atomic E-state index is 14.3. The zero-order chi connectivity index (χ0) is 30.8. The molecular weight excluding hydrogens is 630 g/mol. The zero-order valence-electron chi connectivity index (χ0n) is 24.7. The van der Waals surface area contributed by atoms with Gasteiger partial charge in [0.25, 0.3) is 0 Å². The number of carbonyl (C=O) groups is 2. The van der Waals surface area contributed by atoms with Crippen molar-refractivity contribution in [1.82, 2.24) is 10.2 Å². The third-order valence-corrected chi connectivity index (χ3v) is 9.20. The second kappa shape index (κ2) is 15.4. The molecular formula is C33H40BrN3O5S. The monoisotopic (exact) mass is 669 g/mol. The number of nitrogens with one attached hydrogen (secondary N) is 1. The number of carbonyl (C=O) groups excluding carboxylic acids is 2. The van der Waals surface area contributed by atoms with Crippen molar-refractivity contribution in [2.24, 2.45) is 0 Å². The lowest BCUT2D eigenvalue weighted by molar-refractivity contribution is -0.140. The largest absolute Gasteiger partial charge is 0.492 e. The van der Waals surface area contributed by atoms with Crippen molar-refractivity contribution in [3.63, 3.8) is 0 Å². The minimum Gasteiger partial charge on any atom is -0.492 e. The van der Waals surface area contributed by atoms with Gasteiger partial charge in [-0.1, -0.05) is 89.8 Å². The Morgan fingerprint density at radius 3 is 2.30 bits per heavy atom. The van der Waals surface area contributed by atoms with Gasteiger partial charge in [0.05, 0.1) is 18.6 Å². The van der Waals surface area contributed by atoms with E-state index in [1.54, 1.807) is 24.3 Å². The van der Waals surface area contributed by atoms with Gasteiger partial charge in [0.15, 0.2) is 0 Å². The average molecular weight is 671 g/mol. The number of ether oxygens (including phenoxy) is 1. The molecule has 1 saturated carbocycles. The number of halogens is 1. The molecule has 1 aliphatic carbocycles. The number of rotatable bonds is 13. The number of benzene rings is 3. The van der Waals surface area contributed by atoms with Gasteiger partial charge in [-0.3, -0.25) is 13.9 Å². The van der Waals surface area contributed by atoms with E-state index in [0.717, 1.165) is 58.3 Å². The van der Waals surface area contributed by atoms with Crippen molar-refractivity contribution in [3.8, 4) is 5.75 Å². The van der Waals surface area contributed by atoms with Crippen LogP contribution in [-0.2, 0) is 32.6 Å². The van der Waals surface area contributed by atoms with E-state index >= 15 is 0 Å². The summed E-state index contributed by atoms with van der Waals surface area (Å²) in [6, 6.07) is 23.1. The van der Waals surface area contributed by atoms with Gasteiger partial charge in [-0.2, -0.15) is 0 Å². The van der Waals surface area contributed by atoms with Gasteiger partial charge in [0, 0.05) is 23.5 Å². The van der Waals surface area contributed by atoms with Crippen molar-refractivity contribution in [1.29, 1.82) is 0 Å². The van der Waals surface area contributed by atoms with Crippen LogP contribution in [-0.4, -0.2) is 56.6 Å². The molecule has 4 rings (SSSR count). The van der Waals surface area contributed by atoms with E-state index in [1.165, 1.54) is 4.90 Å². The first-order chi connectivity index (χ1) is 20.7. The molecule has 0 radical (unpaired) electrons. The molecule has 3 aromatic carbocycles. The number of para-hydroxylation sites is 2. The molecule has 0 aliphatic heterocycles. The van der Waals surface area contributed by atoms with Gasteiger partial charge in [0.1, 0.15) is 18.3 Å². The highest BCUT2D eigenvalue weighted by Gasteiger charge is 2.34. The summed E-state index contributed by atoms with van der Waals surface area (Å²) in [5, 5.41) is 3.22. The van der Waals surface area contributed by atoms with Gasteiger partial charge < -0.3 is 15.0 Å². The minimum atomic E-state index is -3.90. The van der Waals surface area contributed by atoms with Crippen LogP contribution < -0.4 is 14.4 Å². The predicted molar refractivity (Wildman–Crippen MR) is 173 cm³/mol. The molecule has 0 heterocycles. The highest BCUT2D eigenvalue weighted by molar-refractivity contribution is 9.10. The molecule has 0 aromatic heterocycles. The van der Waals surface area contributed by atoms with E-state index in [1.807, 2.05) is 61.5 Å². The first-order valence-electron chi connectivity index (χ1n) is 14.7. The van der Waals surface area contributed by atoms with Crippen molar-refractivity contribution < 1.29 is 22.7 Å². The summed E-state index contributed by atoms with van der Waals surface area (Å²) in [5.41, 5.74) is 1.99. The third-order valence-electron chi connectivity index (χ3n) is 7.58. The molecule has 1 atom stereocenters. The Morgan fingerprint density at radius 2 is 1.63 bits per heavy atom. The van der Waals surface area contributed by atoms with Crippen LogP contribution in [0.5, 0.6) is 5.75 Å². The van der Waals surface area contributed by atoms with E-state index in [9.17, 15) is 18.0 Å². The summed E-state index contributed by atoms with van der Waals surface area (Å²) < 4.78 is 33.9. The van der Waals surface area contributed by atoms with E-state index in [-0.39, 0.29) is 30.6 Å². The molecule has 3 aromatic rings. The minimum absolute atomic E-state index is 0.0490. The van der Waals surface area contributed by atoms with E-state index in [2.05, 4.69) is 21.2 Å². The molecule has 0 bridgehead atoms. The highest BCUT2D eigenvalue weighted by atomic mass is 79.9. The maximum atomic E-state index is 14.3. The molecule has 1 fully saturated rings. The van der Waals surface area contributed by atoms with Gasteiger partial charge in [-0.25, -0.2) is 8.42 Å². The van der Waals surface area contributed by atoms with Gasteiger partial charge in [-0.15, -0.1) is 0 Å². The Kier molecular flexibility index (Phi) is 11.6. The van der Waals surface area contributed by atoms with Gasteiger partial charge in [0.2, 0.25) is 21.8 Å². The molecule has 43 heavy (non-hydrogen) atoms. The van der Waals surface area contributed by atoms with Crippen molar-refractivity contribution in [2.45, 2.75) is 64.1 Å². The molecule has 8 nitrogen and oxygen atoms in total. The average Bonchev–Trinajstić information content (AvgIpc) is 2.98. The Labute approximate surface area is 263 Å². The van der Waals surface area contributed by atoms with Crippen LogP contribution in [0, 0.1) is 0 Å². The smallest absolute Gasteiger partial charge is 0.244 e. The van der Waals surface area contributed by atoms with Crippen LogP contribution in [0.2, 0.25) is 0 Å². The number of anilines is 1.